The Hall–Kier alpha value is -2.21. The first-order chi connectivity index (χ1) is 11.5. The van der Waals surface area contributed by atoms with Crippen molar-refractivity contribution in [1.82, 2.24) is 9.97 Å². The minimum atomic E-state index is -0.469. The summed E-state index contributed by atoms with van der Waals surface area (Å²) in [5.74, 6) is -0.351. The molecule has 5 nitrogen and oxygen atoms in total. The van der Waals surface area contributed by atoms with Gasteiger partial charge in [0.15, 0.2) is 5.16 Å². The van der Waals surface area contributed by atoms with Crippen LogP contribution in [-0.4, -0.2) is 27.0 Å². The number of thioether (sulfide) groups is 1. The van der Waals surface area contributed by atoms with Gasteiger partial charge in [0.05, 0.1) is 5.69 Å². The number of rotatable bonds is 4. The molecule has 1 saturated heterocycles. The number of aryl methyl sites for hydroxylation is 3. The van der Waals surface area contributed by atoms with Crippen LogP contribution in [0, 0.1) is 13.8 Å². The molecule has 1 fully saturated rings. The Morgan fingerprint density at radius 3 is 2.50 bits per heavy atom. The van der Waals surface area contributed by atoms with Crippen molar-refractivity contribution in [3.05, 3.63) is 47.3 Å². The molecule has 0 saturated carbocycles. The number of imide groups is 1. The number of amides is 2. The molecule has 1 aliphatic rings. The molecular weight excluding hydrogens is 322 g/mol. The lowest BCUT2D eigenvalue weighted by Gasteiger charge is -2.18. The van der Waals surface area contributed by atoms with Gasteiger partial charge in [-0.05, 0) is 38.0 Å². The summed E-state index contributed by atoms with van der Waals surface area (Å²) in [6.45, 7) is 5.80. The molecule has 0 aliphatic carbocycles. The van der Waals surface area contributed by atoms with Gasteiger partial charge in [0.25, 0.3) is 0 Å². The van der Waals surface area contributed by atoms with E-state index in [4.69, 9.17) is 0 Å². The Morgan fingerprint density at radius 2 is 1.83 bits per heavy atom. The number of para-hydroxylation sites is 1. The van der Waals surface area contributed by atoms with E-state index in [0.29, 0.717) is 10.8 Å². The zero-order valence-corrected chi connectivity index (χ0v) is 14.8. The van der Waals surface area contributed by atoms with Gasteiger partial charge in [-0.25, -0.2) is 14.9 Å². The lowest BCUT2D eigenvalue weighted by Crippen LogP contribution is -2.32. The second-order valence-corrected chi connectivity index (χ2v) is 6.96. The van der Waals surface area contributed by atoms with Crippen molar-refractivity contribution in [3.63, 3.8) is 0 Å². The highest BCUT2D eigenvalue weighted by Crippen LogP contribution is 2.34. The molecule has 1 aromatic carbocycles. The van der Waals surface area contributed by atoms with Gasteiger partial charge in [-0.3, -0.25) is 9.59 Å². The molecule has 1 aliphatic heterocycles. The van der Waals surface area contributed by atoms with Crippen LogP contribution in [0.2, 0.25) is 0 Å². The van der Waals surface area contributed by atoms with E-state index in [0.717, 1.165) is 23.4 Å². The van der Waals surface area contributed by atoms with Gasteiger partial charge >= 0.3 is 0 Å². The molecule has 2 heterocycles. The number of hydrogen-bond donors (Lipinski definition) is 0. The second-order valence-electron chi connectivity index (χ2n) is 5.79. The molecule has 1 atom stereocenters. The first-order valence-electron chi connectivity index (χ1n) is 7.93. The van der Waals surface area contributed by atoms with Gasteiger partial charge in [0.2, 0.25) is 11.8 Å². The fraction of sp³-hybridized carbons (Fsp3) is 0.333. The Bertz CT molecular complexity index is 786. The van der Waals surface area contributed by atoms with E-state index in [9.17, 15) is 9.59 Å². The SMILES string of the molecule is CCc1ccccc1N1C(=O)C[C@@H](Sc2nc(C)cc(C)n2)C1=O. The first-order valence-corrected chi connectivity index (χ1v) is 8.81. The summed E-state index contributed by atoms with van der Waals surface area (Å²) in [5.41, 5.74) is 3.40. The molecule has 1 aromatic heterocycles. The first kappa shape index (κ1) is 16.6. The van der Waals surface area contributed by atoms with Crippen LogP contribution in [0.25, 0.3) is 0 Å². The van der Waals surface area contributed by atoms with Crippen LogP contribution in [0.5, 0.6) is 0 Å². The Labute approximate surface area is 145 Å². The number of aromatic nitrogens is 2. The van der Waals surface area contributed by atoms with E-state index in [2.05, 4.69) is 9.97 Å². The maximum absolute atomic E-state index is 12.8. The van der Waals surface area contributed by atoms with E-state index < -0.39 is 5.25 Å². The van der Waals surface area contributed by atoms with Gasteiger partial charge in [0.1, 0.15) is 5.25 Å². The highest BCUT2D eigenvalue weighted by molar-refractivity contribution is 8.00. The molecule has 0 unspecified atom stereocenters. The zero-order valence-electron chi connectivity index (χ0n) is 13.9. The van der Waals surface area contributed by atoms with Crippen molar-refractivity contribution in [3.8, 4) is 0 Å². The van der Waals surface area contributed by atoms with E-state index >= 15 is 0 Å². The highest BCUT2D eigenvalue weighted by atomic mass is 32.2. The monoisotopic (exact) mass is 341 g/mol. The maximum Gasteiger partial charge on any atom is 0.247 e. The highest BCUT2D eigenvalue weighted by Gasteiger charge is 2.41. The number of nitrogens with zero attached hydrogens (tertiary/aromatic N) is 3. The van der Waals surface area contributed by atoms with Crippen molar-refractivity contribution in [1.29, 1.82) is 0 Å². The largest absolute Gasteiger partial charge is 0.274 e. The third kappa shape index (κ3) is 3.19. The van der Waals surface area contributed by atoms with Crippen molar-refractivity contribution in [2.75, 3.05) is 4.90 Å². The van der Waals surface area contributed by atoms with Crippen molar-refractivity contribution < 1.29 is 9.59 Å². The molecule has 0 spiro atoms. The quantitative estimate of drug-likeness (QED) is 0.632. The summed E-state index contributed by atoms with van der Waals surface area (Å²) < 4.78 is 0. The van der Waals surface area contributed by atoms with Crippen molar-refractivity contribution >= 4 is 29.3 Å². The van der Waals surface area contributed by atoms with Crippen LogP contribution >= 0.6 is 11.8 Å². The molecule has 2 aromatic rings. The third-order valence-electron chi connectivity index (χ3n) is 3.93. The van der Waals surface area contributed by atoms with E-state index in [1.54, 1.807) is 0 Å². The summed E-state index contributed by atoms with van der Waals surface area (Å²) in [4.78, 5) is 35.3. The van der Waals surface area contributed by atoms with E-state index in [1.165, 1.54) is 16.7 Å². The Balaban J connectivity index is 1.86. The fourth-order valence-electron chi connectivity index (χ4n) is 2.85. The lowest BCUT2D eigenvalue weighted by molar-refractivity contribution is -0.121. The van der Waals surface area contributed by atoms with E-state index in [1.807, 2.05) is 51.1 Å². The molecular formula is C18H19N3O2S. The Kier molecular flexibility index (Phi) is 4.66. The summed E-state index contributed by atoms with van der Waals surface area (Å²) in [6, 6.07) is 9.43. The minimum absolute atomic E-state index is 0.164. The van der Waals surface area contributed by atoms with Gasteiger partial charge in [-0.1, -0.05) is 36.9 Å². The average Bonchev–Trinajstić information content (AvgIpc) is 2.80. The molecule has 0 N–H and O–H groups in total. The normalized spacial score (nSPS) is 17.6. The zero-order chi connectivity index (χ0) is 17.3. The summed E-state index contributed by atoms with van der Waals surface area (Å²) in [5, 5.41) is 0.0767. The van der Waals surface area contributed by atoms with Gasteiger partial charge < -0.3 is 0 Å². The molecule has 3 rings (SSSR count). The van der Waals surface area contributed by atoms with Crippen LogP contribution in [0.1, 0.15) is 30.3 Å². The molecule has 0 radical (unpaired) electrons. The molecule has 6 heteroatoms. The number of carbonyl (C=O) groups is 2. The topological polar surface area (TPSA) is 63.2 Å². The molecule has 124 valence electrons. The summed E-state index contributed by atoms with van der Waals surface area (Å²) in [7, 11) is 0. The van der Waals surface area contributed by atoms with Gasteiger partial charge in [-0.15, -0.1) is 0 Å². The third-order valence-corrected chi connectivity index (χ3v) is 4.97. The van der Waals surface area contributed by atoms with Gasteiger partial charge in [-0.2, -0.15) is 0 Å². The number of carbonyl (C=O) groups excluding carboxylic acids is 2. The summed E-state index contributed by atoms with van der Waals surface area (Å²) in [6.07, 6.45) is 0.948. The predicted molar refractivity (Wildman–Crippen MR) is 94.1 cm³/mol. The molecule has 0 bridgehead atoms. The van der Waals surface area contributed by atoms with Crippen molar-refractivity contribution in [2.45, 2.75) is 44.0 Å². The second kappa shape index (κ2) is 6.73. The fourth-order valence-corrected chi connectivity index (χ4v) is 3.93. The van der Waals surface area contributed by atoms with Gasteiger partial charge in [0, 0.05) is 17.8 Å². The van der Waals surface area contributed by atoms with Crippen LogP contribution in [0.3, 0.4) is 0 Å². The maximum atomic E-state index is 12.8. The number of anilines is 1. The molecule has 24 heavy (non-hydrogen) atoms. The smallest absolute Gasteiger partial charge is 0.247 e. The van der Waals surface area contributed by atoms with Crippen LogP contribution in [0.4, 0.5) is 5.69 Å². The average molecular weight is 341 g/mol. The van der Waals surface area contributed by atoms with Crippen LogP contribution < -0.4 is 4.90 Å². The number of benzene rings is 1. The predicted octanol–water partition coefficient (Wildman–Crippen LogP) is 3.08. The van der Waals surface area contributed by atoms with Crippen LogP contribution in [-0.2, 0) is 16.0 Å². The standard InChI is InChI=1S/C18H19N3O2S/c1-4-13-7-5-6-8-14(13)21-16(22)10-15(17(21)23)24-18-19-11(2)9-12(3)20-18/h5-9,15H,4,10H2,1-3H3/t15-/m1/s1. The lowest BCUT2D eigenvalue weighted by atomic mass is 10.1. The minimum Gasteiger partial charge on any atom is -0.274 e. The Morgan fingerprint density at radius 1 is 1.17 bits per heavy atom. The molecule has 2 amide bonds. The van der Waals surface area contributed by atoms with E-state index in [-0.39, 0.29) is 18.2 Å². The summed E-state index contributed by atoms with van der Waals surface area (Å²) >= 11 is 1.27. The number of hydrogen-bond acceptors (Lipinski definition) is 5. The van der Waals surface area contributed by atoms with Crippen LogP contribution in [0.15, 0.2) is 35.5 Å². The van der Waals surface area contributed by atoms with Crippen molar-refractivity contribution in [2.24, 2.45) is 0 Å².